The van der Waals surface area contributed by atoms with Crippen LogP contribution in [0, 0.1) is 0 Å². The minimum absolute atomic E-state index is 0.306. The maximum absolute atomic E-state index is 11.5. The predicted molar refractivity (Wildman–Crippen MR) is 29.9 cm³/mol. The highest BCUT2D eigenvalue weighted by Gasteiger charge is 2.31. The minimum Gasteiger partial charge on any atom is -0.402 e. The van der Waals surface area contributed by atoms with Gasteiger partial charge in [0.1, 0.15) is 0 Å². The molecule has 3 nitrogen and oxygen atoms in total. The summed E-state index contributed by atoms with van der Waals surface area (Å²) in [6.07, 6.45) is -2.51. The van der Waals surface area contributed by atoms with Crippen molar-refractivity contribution in [2.75, 3.05) is 0 Å². The van der Waals surface area contributed by atoms with E-state index in [2.05, 4.69) is 9.84 Å². The lowest BCUT2D eigenvalue weighted by molar-refractivity contribution is -0.274. The van der Waals surface area contributed by atoms with E-state index in [9.17, 15) is 13.2 Å². The van der Waals surface area contributed by atoms with Crippen molar-refractivity contribution in [3.8, 4) is 5.75 Å². The second kappa shape index (κ2) is 2.44. The van der Waals surface area contributed by atoms with E-state index < -0.39 is 6.36 Å². The van der Waals surface area contributed by atoms with Crippen molar-refractivity contribution >= 4 is 0 Å². The molecule has 1 aromatic heterocycles. The molecule has 0 bridgehead atoms. The van der Waals surface area contributed by atoms with Gasteiger partial charge in [-0.15, -0.1) is 13.2 Å². The molecular formula is C5H5F3N2O. The maximum Gasteiger partial charge on any atom is 0.573 e. The second-order valence-electron chi connectivity index (χ2n) is 1.90. The van der Waals surface area contributed by atoms with E-state index in [0.717, 1.165) is 12.4 Å². The summed E-state index contributed by atoms with van der Waals surface area (Å²) in [5.74, 6) is -0.306. The third kappa shape index (κ3) is 2.48. The number of aryl methyl sites for hydroxylation is 1. The largest absolute Gasteiger partial charge is 0.573 e. The van der Waals surface area contributed by atoms with Crippen LogP contribution in [0.3, 0.4) is 0 Å². The molecule has 0 aliphatic carbocycles. The highest BCUT2D eigenvalue weighted by molar-refractivity contribution is 5.11. The molecule has 0 aliphatic rings. The molecule has 11 heavy (non-hydrogen) atoms. The van der Waals surface area contributed by atoms with Crippen molar-refractivity contribution in [1.29, 1.82) is 0 Å². The summed E-state index contributed by atoms with van der Waals surface area (Å²) in [4.78, 5) is 0. The van der Waals surface area contributed by atoms with Crippen molar-refractivity contribution in [2.24, 2.45) is 7.05 Å². The highest BCUT2D eigenvalue weighted by atomic mass is 19.4. The molecule has 0 saturated carbocycles. The molecule has 1 aromatic rings. The van der Waals surface area contributed by atoms with Gasteiger partial charge in [-0.2, -0.15) is 5.10 Å². The Morgan fingerprint density at radius 1 is 1.55 bits per heavy atom. The van der Waals surface area contributed by atoms with E-state index >= 15 is 0 Å². The van der Waals surface area contributed by atoms with Gasteiger partial charge in [0.2, 0.25) is 0 Å². The fraction of sp³-hybridized carbons (Fsp3) is 0.400. The van der Waals surface area contributed by atoms with Crippen molar-refractivity contribution in [2.45, 2.75) is 6.36 Å². The van der Waals surface area contributed by atoms with Crippen LogP contribution in [0.2, 0.25) is 0 Å². The molecule has 0 fully saturated rings. The number of halogens is 3. The molecular weight excluding hydrogens is 161 g/mol. The van der Waals surface area contributed by atoms with Gasteiger partial charge in [-0.1, -0.05) is 0 Å². The van der Waals surface area contributed by atoms with Gasteiger partial charge in [-0.25, -0.2) is 0 Å². The van der Waals surface area contributed by atoms with Crippen LogP contribution in [-0.4, -0.2) is 16.1 Å². The fourth-order valence-corrected chi connectivity index (χ4v) is 0.585. The molecule has 1 heterocycles. The van der Waals surface area contributed by atoms with Crippen LogP contribution >= 0.6 is 0 Å². The number of hydrogen-bond acceptors (Lipinski definition) is 2. The van der Waals surface area contributed by atoms with Gasteiger partial charge < -0.3 is 4.74 Å². The normalized spacial score (nSPS) is 11.6. The topological polar surface area (TPSA) is 27.1 Å². The van der Waals surface area contributed by atoms with Gasteiger partial charge in [0, 0.05) is 7.05 Å². The third-order valence-electron chi connectivity index (χ3n) is 0.915. The van der Waals surface area contributed by atoms with Crippen LogP contribution < -0.4 is 4.74 Å². The molecule has 0 aliphatic heterocycles. The van der Waals surface area contributed by atoms with Crippen molar-refractivity contribution in [3.05, 3.63) is 12.4 Å². The molecule has 0 aromatic carbocycles. The number of rotatable bonds is 1. The summed E-state index contributed by atoms with van der Waals surface area (Å²) < 4.78 is 39.2. The van der Waals surface area contributed by atoms with Crippen LogP contribution in [-0.2, 0) is 7.05 Å². The predicted octanol–water partition coefficient (Wildman–Crippen LogP) is 1.32. The van der Waals surface area contributed by atoms with Gasteiger partial charge in [0.25, 0.3) is 0 Å². The smallest absolute Gasteiger partial charge is 0.402 e. The van der Waals surface area contributed by atoms with E-state index in [1.807, 2.05) is 0 Å². The molecule has 0 amide bonds. The van der Waals surface area contributed by atoms with Crippen LogP contribution in [0.25, 0.3) is 0 Å². The average Bonchev–Trinajstić information content (AvgIpc) is 2.10. The number of nitrogens with zero attached hydrogens (tertiary/aromatic N) is 2. The van der Waals surface area contributed by atoms with Crippen LogP contribution in [0.5, 0.6) is 5.75 Å². The summed E-state index contributed by atoms with van der Waals surface area (Å²) in [5, 5.41) is 3.49. The van der Waals surface area contributed by atoms with E-state index in [4.69, 9.17) is 0 Å². The van der Waals surface area contributed by atoms with Crippen LogP contribution in [0.1, 0.15) is 0 Å². The second-order valence-corrected chi connectivity index (χ2v) is 1.90. The van der Waals surface area contributed by atoms with Crippen LogP contribution in [0.4, 0.5) is 13.2 Å². The van der Waals surface area contributed by atoms with Gasteiger partial charge in [0.15, 0.2) is 5.75 Å². The Morgan fingerprint density at radius 3 is 2.55 bits per heavy atom. The van der Waals surface area contributed by atoms with Crippen molar-refractivity contribution in [3.63, 3.8) is 0 Å². The number of hydrogen-bond donors (Lipinski definition) is 0. The minimum atomic E-state index is -4.64. The molecule has 62 valence electrons. The van der Waals surface area contributed by atoms with Gasteiger partial charge in [-0.3, -0.25) is 4.68 Å². The Bertz CT molecular complexity index is 242. The number of aromatic nitrogens is 2. The zero-order valence-corrected chi connectivity index (χ0v) is 5.59. The Labute approximate surface area is 60.4 Å². The number of alkyl halides is 3. The Hall–Kier alpha value is -1.20. The first-order valence-corrected chi connectivity index (χ1v) is 2.72. The van der Waals surface area contributed by atoms with Gasteiger partial charge in [0.05, 0.1) is 12.4 Å². The van der Waals surface area contributed by atoms with E-state index in [1.165, 1.54) is 11.7 Å². The summed E-state index contributed by atoms with van der Waals surface area (Å²) in [6, 6.07) is 0. The number of ether oxygens (including phenoxy) is 1. The average molecular weight is 166 g/mol. The van der Waals surface area contributed by atoms with E-state index in [0.29, 0.717) is 0 Å². The monoisotopic (exact) mass is 166 g/mol. The van der Waals surface area contributed by atoms with E-state index in [-0.39, 0.29) is 5.75 Å². The molecule has 0 N–H and O–H groups in total. The molecule has 0 spiro atoms. The van der Waals surface area contributed by atoms with Gasteiger partial charge >= 0.3 is 6.36 Å². The Kier molecular flexibility index (Phi) is 1.76. The molecule has 6 heteroatoms. The molecule has 0 saturated heterocycles. The summed E-state index contributed by atoms with van der Waals surface area (Å²) in [5.41, 5.74) is 0. The Balaban J connectivity index is 2.65. The first-order valence-electron chi connectivity index (χ1n) is 2.72. The SMILES string of the molecule is Cn1cc(OC(F)(F)F)cn1. The molecule has 0 radical (unpaired) electrons. The Morgan fingerprint density at radius 2 is 2.18 bits per heavy atom. The summed E-state index contributed by atoms with van der Waals surface area (Å²) in [6.45, 7) is 0. The lowest BCUT2D eigenvalue weighted by atomic mass is 10.7. The van der Waals surface area contributed by atoms with Gasteiger partial charge in [-0.05, 0) is 0 Å². The highest BCUT2D eigenvalue weighted by Crippen LogP contribution is 2.20. The maximum atomic E-state index is 11.5. The lowest BCUT2D eigenvalue weighted by Gasteiger charge is -2.04. The summed E-state index contributed by atoms with van der Waals surface area (Å²) in [7, 11) is 1.50. The first kappa shape index (κ1) is 7.90. The van der Waals surface area contributed by atoms with E-state index in [1.54, 1.807) is 0 Å². The van der Waals surface area contributed by atoms with Crippen molar-refractivity contribution in [1.82, 2.24) is 9.78 Å². The standard InChI is InChI=1S/C5H5F3N2O/c1-10-3-4(2-9-10)11-5(6,7)8/h2-3H,1H3. The third-order valence-corrected chi connectivity index (χ3v) is 0.915. The van der Waals surface area contributed by atoms with Crippen molar-refractivity contribution < 1.29 is 17.9 Å². The first-order chi connectivity index (χ1) is 4.97. The zero-order valence-electron chi connectivity index (χ0n) is 5.59. The quantitative estimate of drug-likeness (QED) is 0.629. The zero-order chi connectivity index (χ0) is 8.48. The molecule has 0 atom stereocenters. The van der Waals surface area contributed by atoms with Crippen LogP contribution in [0.15, 0.2) is 12.4 Å². The molecule has 1 rings (SSSR count). The molecule has 0 unspecified atom stereocenters. The summed E-state index contributed by atoms with van der Waals surface area (Å²) >= 11 is 0. The lowest BCUT2D eigenvalue weighted by Crippen LogP contribution is -2.16. The fourth-order valence-electron chi connectivity index (χ4n) is 0.585.